The molecule has 0 aliphatic heterocycles. The van der Waals surface area contributed by atoms with E-state index in [-0.39, 0.29) is 17.9 Å². The maximum atomic E-state index is 15.4. The van der Waals surface area contributed by atoms with Gasteiger partial charge in [0, 0.05) is 35.4 Å². The molecule has 58 heavy (non-hydrogen) atoms. The minimum absolute atomic E-state index is 0.237. The maximum Gasteiger partial charge on any atom is 0.430 e. The van der Waals surface area contributed by atoms with Gasteiger partial charge < -0.3 is 24.4 Å². The molecule has 0 saturated heterocycles. The average Bonchev–Trinajstić information content (AvgIpc) is 3.59. The van der Waals surface area contributed by atoms with Gasteiger partial charge in [-0.1, -0.05) is 43.3 Å². The van der Waals surface area contributed by atoms with Crippen molar-refractivity contribution >= 4 is 45.4 Å². The highest BCUT2D eigenvalue weighted by molar-refractivity contribution is 7.98. The van der Waals surface area contributed by atoms with Gasteiger partial charge in [0.2, 0.25) is 0 Å². The Labute approximate surface area is 342 Å². The van der Waals surface area contributed by atoms with Crippen LogP contribution in [0.3, 0.4) is 0 Å². The average molecular weight is 880 g/mol. The van der Waals surface area contributed by atoms with E-state index >= 15 is 8.78 Å². The molecule has 0 unspecified atom stereocenters. The molecule has 3 aromatic carbocycles. The molecule has 318 valence electrons. The number of benzene rings is 3. The Balaban J connectivity index is 0.00000117. The van der Waals surface area contributed by atoms with Gasteiger partial charge in [-0.2, -0.15) is 13.2 Å². The number of aliphatic carboxylic acids is 1. The summed E-state index contributed by atoms with van der Waals surface area (Å²) in [6.45, 7) is 14.1. The van der Waals surface area contributed by atoms with Gasteiger partial charge in [0.05, 0.1) is 55.1 Å². The van der Waals surface area contributed by atoms with Crippen LogP contribution < -0.4 is 19.9 Å². The smallest absolute Gasteiger partial charge is 0.430 e. The number of carbonyl (C=O) groups excluding carboxylic acids is 2. The molecule has 4 rings (SSSR count). The summed E-state index contributed by atoms with van der Waals surface area (Å²) in [6.07, 6.45) is -2.92. The normalized spacial score (nSPS) is 12.1. The zero-order valence-electron chi connectivity index (χ0n) is 32.5. The number of nitrogens with zero attached hydrogens (tertiary/aromatic N) is 3. The molecule has 0 fully saturated rings. The lowest BCUT2D eigenvalue weighted by atomic mass is 9.81. The number of imidazole rings is 1. The highest BCUT2D eigenvalue weighted by Gasteiger charge is 2.31. The minimum atomic E-state index is -5.19. The number of quaternary nitrogens is 1. The quantitative estimate of drug-likeness (QED) is 0.0525. The largest absolute Gasteiger partial charge is 0.542 e. The second-order valence-corrected chi connectivity index (χ2v) is 16.4. The lowest BCUT2D eigenvalue weighted by Gasteiger charge is -2.35. The third-order valence-corrected chi connectivity index (χ3v) is 12.3. The predicted molar refractivity (Wildman–Crippen MR) is 206 cm³/mol. The van der Waals surface area contributed by atoms with Crippen LogP contribution in [0.1, 0.15) is 57.9 Å². The fourth-order valence-corrected chi connectivity index (χ4v) is 8.06. The van der Waals surface area contributed by atoms with Crippen LogP contribution in [0.5, 0.6) is 5.75 Å². The third-order valence-electron chi connectivity index (χ3n) is 9.66. The lowest BCUT2D eigenvalue weighted by molar-refractivity contribution is -0.923. The summed E-state index contributed by atoms with van der Waals surface area (Å²) in [5.74, 6) is -5.44. The summed E-state index contributed by atoms with van der Waals surface area (Å²) in [5, 5.41) is 12.1. The second-order valence-electron chi connectivity index (χ2n) is 13.4. The molecule has 0 aliphatic carbocycles. The van der Waals surface area contributed by atoms with E-state index in [9.17, 15) is 30.8 Å². The van der Waals surface area contributed by atoms with Crippen LogP contribution in [0.15, 0.2) is 70.8 Å². The van der Waals surface area contributed by atoms with Crippen molar-refractivity contribution in [1.82, 2.24) is 19.6 Å². The molecule has 2 N–H and O–H groups in total. The maximum absolute atomic E-state index is 15.4. The number of carboxylic acids is 1. The number of sulfonamides is 1. The predicted octanol–water partition coefficient (Wildman–Crippen LogP) is 7.12. The molecule has 0 radical (unpaired) electrons. The molecule has 1 aromatic heterocycles. The first-order valence-corrected chi connectivity index (χ1v) is 20.6. The molecule has 4 aromatic rings. The number of alkyl halides is 3. The van der Waals surface area contributed by atoms with E-state index in [1.807, 2.05) is 30.7 Å². The molecule has 2 amide bonds. The first kappa shape index (κ1) is 47.9. The first-order valence-electron chi connectivity index (χ1n) is 17.8. The molecule has 1 heterocycles. The molecule has 0 aliphatic rings. The number of methoxy groups -OCH3 is 1. The van der Waals surface area contributed by atoms with Gasteiger partial charge in [0.1, 0.15) is 29.2 Å². The van der Waals surface area contributed by atoms with Crippen molar-refractivity contribution in [2.75, 3.05) is 39.8 Å². The van der Waals surface area contributed by atoms with Crippen molar-refractivity contribution in [3.05, 3.63) is 100 Å². The van der Waals surface area contributed by atoms with Crippen LogP contribution in [0.2, 0.25) is 5.02 Å². The minimum Gasteiger partial charge on any atom is -0.542 e. The van der Waals surface area contributed by atoms with E-state index in [1.54, 1.807) is 29.0 Å². The van der Waals surface area contributed by atoms with Gasteiger partial charge in [0.15, 0.2) is 5.16 Å². The van der Waals surface area contributed by atoms with E-state index < -0.39 is 56.0 Å². The van der Waals surface area contributed by atoms with Crippen molar-refractivity contribution in [2.45, 2.75) is 68.4 Å². The summed E-state index contributed by atoms with van der Waals surface area (Å²) in [4.78, 5) is 25.0. The number of amides is 2. The van der Waals surface area contributed by atoms with E-state index in [4.69, 9.17) is 26.2 Å². The van der Waals surface area contributed by atoms with Crippen LogP contribution >= 0.6 is 23.4 Å². The van der Waals surface area contributed by atoms with Crippen molar-refractivity contribution in [3.8, 4) is 11.4 Å². The summed E-state index contributed by atoms with van der Waals surface area (Å²) in [5.41, 5.74) is 1.00. The molecule has 20 heteroatoms. The Morgan fingerprint density at radius 1 is 0.966 bits per heavy atom. The molecule has 0 saturated carbocycles. The molecule has 0 atom stereocenters. The summed E-state index contributed by atoms with van der Waals surface area (Å²) < 4.78 is 112. The number of rotatable bonds is 16. The lowest BCUT2D eigenvalue weighted by Crippen LogP contribution is -2.49. The summed E-state index contributed by atoms with van der Waals surface area (Å²) in [7, 11) is -3.06. The number of aromatic nitrogens is 2. The SMILES string of the molecule is CC[N+](CC)(CC)CCCNC(=O)NS(=O)(=O)c1cc(F)c(CSc2ncc(C(C)(C)c3ccc(Cl)c(OC)c3)n2-c2ccc(F)cc2)c(F)c1.O=C([O-])C(F)(F)F. The monoisotopic (exact) mass is 879 g/mol. The van der Waals surface area contributed by atoms with Crippen LogP contribution in [0, 0.1) is 17.5 Å². The molecular formula is C38H44ClF6N5O6S2. The van der Waals surface area contributed by atoms with Gasteiger partial charge in [0.25, 0.3) is 10.0 Å². The number of halogens is 7. The van der Waals surface area contributed by atoms with Gasteiger partial charge in [-0.3, -0.25) is 4.57 Å². The summed E-state index contributed by atoms with van der Waals surface area (Å²) in [6, 6.07) is 11.5. The number of hydrogen-bond acceptors (Lipinski definition) is 8. The highest BCUT2D eigenvalue weighted by Crippen LogP contribution is 2.39. The number of nitrogens with one attached hydrogen (secondary N) is 2. The van der Waals surface area contributed by atoms with Gasteiger partial charge in [-0.05, 0) is 74.9 Å². The van der Waals surface area contributed by atoms with E-state index in [0.717, 1.165) is 48.0 Å². The molecule has 0 spiro atoms. The molecule has 0 bridgehead atoms. The van der Waals surface area contributed by atoms with Gasteiger partial charge in [-0.15, -0.1) is 0 Å². The fourth-order valence-electron chi connectivity index (χ4n) is 5.90. The zero-order valence-corrected chi connectivity index (χ0v) is 34.9. The third kappa shape index (κ3) is 12.0. The molecule has 11 nitrogen and oxygen atoms in total. The number of carboxylic acid groups (broad SMARTS) is 1. The topological polar surface area (TPSA) is 142 Å². The van der Waals surface area contributed by atoms with Crippen molar-refractivity contribution in [3.63, 3.8) is 0 Å². The Morgan fingerprint density at radius 3 is 2.05 bits per heavy atom. The number of hydrogen-bond donors (Lipinski definition) is 2. The van der Waals surface area contributed by atoms with Crippen LogP contribution in [-0.2, 0) is 26.0 Å². The highest BCUT2D eigenvalue weighted by atomic mass is 35.5. The van der Waals surface area contributed by atoms with E-state index in [0.29, 0.717) is 45.9 Å². The molecular weight excluding hydrogens is 836 g/mol. The second kappa shape index (κ2) is 20.0. The Hall–Kier alpha value is -4.46. The number of ether oxygens (including phenoxy) is 1. The van der Waals surface area contributed by atoms with E-state index in [1.165, 1.54) is 19.2 Å². The Kier molecular flexibility index (Phi) is 16.5. The van der Waals surface area contributed by atoms with Crippen LogP contribution in [0.25, 0.3) is 5.69 Å². The van der Waals surface area contributed by atoms with E-state index in [2.05, 4.69) is 31.1 Å². The van der Waals surface area contributed by atoms with Crippen molar-refractivity contribution in [1.29, 1.82) is 0 Å². The van der Waals surface area contributed by atoms with Crippen LogP contribution in [0.4, 0.5) is 31.1 Å². The zero-order chi connectivity index (χ0) is 43.6. The van der Waals surface area contributed by atoms with Crippen molar-refractivity contribution in [2.24, 2.45) is 0 Å². The number of carbonyl (C=O) groups is 2. The number of thioether (sulfide) groups is 1. The number of urea groups is 1. The fraction of sp³-hybridized carbons (Fsp3) is 0.395. The van der Waals surface area contributed by atoms with Gasteiger partial charge in [-0.25, -0.2) is 36.1 Å². The first-order chi connectivity index (χ1) is 27.0. The summed E-state index contributed by atoms with van der Waals surface area (Å²) >= 11 is 7.28. The Bertz CT molecular complexity index is 2130. The standard InChI is InChI=1S/C36H43ClF3N5O4S2.C2HF3O2/c1-7-45(8-2,9-3)18-10-17-41-34(46)43-51(47,48)27-20-30(39)28(31(40)21-27)23-50-35-42-22-33(44(35)26-14-12-25(38)13-15-26)36(4,5)24-11-16-29(37)32(19-24)49-6;3-2(4,5)1(6)7/h11-16,19-22H,7-10,17-18,23H2,1-6H3,(H-,41,43,46);(H,6,7). The van der Waals surface area contributed by atoms with Gasteiger partial charge >= 0.3 is 12.2 Å². The van der Waals surface area contributed by atoms with Crippen LogP contribution in [-0.4, -0.2) is 80.5 Å². The Morgan fingerprint density at radius 2 is 1.53 bits per heavy atom. The van der Waals surface area contributed by atoms with Crippen molar-refractivity contribution < 1.29 is 58.7 Å².